The zero-order chi connectivity index (χ0) is 22.3. The number of aliphatic hydroxyl groups is 1. The predicted molar refractivity (Wildman–Crippen MR) is 136 cm³/mol. The van der Waals surface area contributed by atoms with Crippen molar-refractivity contribution in [3.8, 4) is 0 Å². The fourth-order valence-corrected chi connectivity index (χ4v) is 6.03. The fraction of sp³-hybridized carbons (Fsp3) is 0.125. The highest BCUT2D eigenvalue weighted by atomic mass is 16.3. The van der Waals surface area contributed by atoms with E-state index in [4.69, 9.17) is 0 Å². The molecular formula is C32H26O. The molecule has 160 valence electrons. The minimum Gasteiger partial charge on any atom is -0.392 e. The number of fused-ring (bicyclic) bond motifs is 2. The maximum absolute atomic E-state index is 10.6. The van der Waals surface area contributed by atoms with Crippen LogP contribution < -0.4 is 0 Å². The van der Waals surface area contributed by atoms with E-state index < -0.39 is 0 Å². The van der Waals surface area contributed by atoms with Gasteiger partial charge in [0, 0.05) is 5.92 Å². The summed E-state index contributed by atoms with van der Waals surface area (Å²) in [5.41, 5.74) is 7.14. The third-order valence-corrected chi connectivity index (χ3v) is 7.39. The number of hydrogen-bond acceptors (Lipinski definition) is 1. The Balaban J connectivity index is 1.77. The van der Waals surface area contributed by atoms with E-state index in [9.17, 15) is 5.11 Å². The first-order valence-corrected chi connectivity index (χ1v) is 11.6. The van der Waals surface area contributed by atoms with Gasteiger partial charge in [-0.1, -0.05) is 109 Å². The van der Waals surface area contributed by atoms with Crippen LogP contribution >= 0.6 is 0 Å². The number of benzene rings is 5. The average Bonchev–Trinajstić information content (AvgIpc) is 3.25. The summed E-state index contributed by atoms with van der Waals surface area (Å²) in [7, 11) is 0. The van der Waals surface area contributed by atoms with Crippen molar-refractivity contribution in [2.45, 2.75) is 24.4 Å². The van der Waals surface area contributed by atoms with Gasteiger partial charge in [-0.05, 0) is 62.7 Å². The van der Waals surface area contributed by atoms with Crippen LogP contribution in [0.2, 0.25) is 0 Å². The van der Waals surface area contributed by atoms with Crippen LogP contribution in [0.5, 0.6) is 0 Å². The summed E-state index contributed by atoms with van der Waals surface area (Å²) in [5, 5.41) is 13.0. The average molecular weight is 427 g/mol. The standard InChI is InChI=1S/C32H26O/c33-22-27-19-24-13-7-8-14-25(24)20-31(27)32(28-16-5-2-6-17-28)29-18-10-9-15-26(29)21-30(32)23-11-3-1-4-12-23/h1-20,30,33H,21-22H2. The Hall–Kier alpha value is -3.68. The lowest BCUT2D eigenvalue weighted by atomic mass is 9.62. The molecule has 0 heterocycles. The third-order valence-electron chi connectivity index (χ3n) is 7.39. The molecule has 0 aliphatic heterocycles. The Labute approximate surface area is 195 Å². The molecule has 0 aromatic heterocycles. The maximum Gasteiger partial charge on any atom is 0.0685 e. The summed E-state index contributed by atoms with van der Waals surface area (Å²) in [6.45, 7) is 0.0123. The third kappa shape index (κ3) is 3.04. The molecule has 1 N–H and O–H groups in total. The molecule has 0 bridgehead atoms. The van der Waals surface area contributed by atoms with Crippen LogP contribution in [0.25, 0.3) is 10.8 Å². The van der Waals surface area contributed by atoms with Crippen LogP contribution in [0.15, 0.2) is 121 Å². The van der Waals surface area contributed by atoms with Crippen LogP contribution in [0.3, 0.4) is 0 Å². The smallest absolute Gasteiger partial charge is 0.0685 e. The van der Waals surface area contributed by atoms with Crippen molar-refractivity contribution in [3.63, 3.8) is 0 Å². The summed E-state index contributed by atoms with van der Waals surface area (Å²) in [6, 6.07) is 43.6. The number of rotatable bonds is 4. The van der Waals surface area contributed by atoms with Crippen LogP contribution in [0.4, 0.5) is 0 Å². The van der Waals surface area contributed by atoms with Crippen molar-refractivity contribution in [1.29, 1.82) is 0 Å². The first-order chi connectivity index (χ1) is 16.3. The van der Waals surface area contributed by atoms with E-state index in [0.29, 0.717) is 0 Å². The predicted octanol–water partition coefficient (Wildman–Crippen LogP) is 7.01. The van der Waals surface area contributed by atoms with Gasteiger partial charge in [-0.2, -0.15) is 0 Å². The lowest BCUT2D eigenvalue weighted by molar-refractivity contribution is 0.278. The summed E-state index contributed by atoms with van der Waals surface area (Å²) in [5.74, 6) is 0.227. The lowest BCUT2D eigenvalue weighted by Gasteiger charge is -2.40. The molecule has 5 aromatic rings. The largest absolute Gasteiger partial charge is 0.392 e. The van der Waals surface area contributed by atoms with Gasteiger partial charge in [-0.3, -0.25) is 0 Å². The van der Waals surface area contributed by atoms with Gasteiger partial charge in [-0.25, -0.2) is 0 Å². The molecule has 0 radical (unpaired) electrons. The van der Waals surface area contributed by atoms with Crippen LogP contribution in [0, 0.1) is 0 Å². The molecule has 2 atom stereocenters. The Morgan fingerprint density at radius 3 is 1.97 bits per heavy atom. The van der Waals surface area contributed by atoms with Crippen LogP contribution in [0.1, 0.15) is 39.3 Å². The van der Waals surface area contributed by atoms with E-state index in [2.05, 4.69) is 121 Å². The molecule has 1 heteroatoms. The van der Waals surface area contributed by atoms with Gasteiger partial charge in [0.25, 0.3) is 0 Å². The highest BCUT2D eigenvalue weighted by Crippen LogP contribution is 2.57. The summed E-state index contributed by atoms with van der Waals surface area (Å²) >= 11 is 0. The minimum atomic E-state index is -0.388. The Bertz CT molecular complexity index is 1420. The van der Waals surface area contributed by atoms with E-state index in [-0.39, 0.29) is 17.9 Å². The van der Waals surface area contributed by atoms with Crippen molar-refractivity contribution in [2.75, 3.05) is 0 Å². The molecule has 6 rings (SSSR count). The van der Waals surface area contributed by atoms with Crippen molar-refractivity contribution >= 4 is 10.8 Å². The van der Waals surface area contributed by atoms with E-state index in [1.807, 2.05) is 0 Å². The van der Waals surface area contributed by atoms with Gasteiger partial charge in [0.15, 0.2) is 0 Å². The zero-order valence-corrected chi connectivity index (χ0v) is 18.5. The Morgan fingerprint density at radius 2 is 1.24 bits per heavy atom. The van der Waals surface area contributed by atoms with Gasteiger partial charge < -0.3 is 5.11 Å². The van der Waals surface area contributed by atoms with E-state index >= 15 is 0 Å². The van der Waals surface area contributed by atoms with Crippen LogP contribution in [-0.4, -0.2) is 5.11 Å². The van der Waals surface area contributed by atoms with Crippen molar-refractivity contribution in [2.24, 2.45) is 0 Å². The summed E-state index contributed by atoms with van der Waals surface area (Å²) in [6.07, 6.45) is 0.965. The minimum absolute atomic E-state index is 0.0123. The second-order valence-corrected chi connectivity index (χ2v) is 9.01. The Kier molecular flexibility index (Phi) is 4.86. The molecule has 0 fully saturated rings. The SMILES string of the molecule is OCc1cc2ccccc2cc1C1(c2ccccc2)c2ccccc2CC1c1ccccc1. The molecular weight excluding hydrogens is 400 g/mol. The van der Waals surface area contributed by atoms with Gasteiger partial charge in [0.1, 0.15) is 0 Å². The first-order valence-electron chi connectivity index (χ1n) is 11.6. The molecule has 2 unspecified atom stereocenters. The molecule has 0 saturated heterocycles. The fourth-order valence-electron chi connectivity index (χ4n) is 6.03. The number of aliphatic hydroxyl groups excluding tert-OH is 1. The van der Waals surface area contributed by atoms with E-state index in [0.717, 1.165) is 17.4 Å². The van der Waals surface area contributed by atoms with Gasteiger partial charge >= 0.3 is 0 Å². The number of hydrogen-bond donors (Lipinski definition) is 1. The molecule has 0 saturated carbocycles. The molecule has 33 heavy (non-hydrogen) atoms. The molecule has 1 aliphatic rings. The van der Waals surface area contributed by atoms with E-state index in [1.54, 1.807) is 0 Å². The summed E-state index contributed by atoms with van der Waals surface area (Å²) < 4.78 is 0. The van der Waals surface area contributed by atoms with E-state index in [1.165, 1.54) is 33.2 Å². The lowest BCUT2D eigenvalue weighted by Crippen LogP contribution is -2.34. The summed E-state index contributed by atoms with van der Waals surface area (Å²) in [4.78, 5) is 0. The van der Waals surface area contributed by atoms with Crippen LogP contribution in [-0.2, 0) is 18.4 Å². The van der Waals surface area contributed by atoms with Crippen molar-refractivity contribution in [1.82, 2.24) is 0 Å². The first kappa shape index (κ1) is 20.0. The second kappa shape index (κ2) is 8.03. The topological polar surface area (TPSA) is 20.2 Å². The van der Waals surface area contributed by atoms with Gasteiger partial charge in [-0.15, -0.1) is 0 Å². The Morgan fingerprint density at radius 1 is 0.636 bits per heavy atom. The molecule has 0 spiro atoms. The zero-order valence-electron chi connectivity index (χ0n) is 18.5. The highest BCUT2D eigenvalue weighted by Gasteiger charge is 2.50. The normalized spacial score (nSPS) is 19.5. The molecule has 1 nitrogen and oxygen atoms in total. The van der Waals surface area contributed by atoms with Gasteiger partial charge in [0.2, 0.25) is 0 Å². The maximum atomic E-state index is 10.6. The van der Waals surface area contributed by atoms with Gasteiger partial charge in [0.05, 0.1) is 12.0 Å². The molecule has 1 aliphatic carbocycles. The molecule has 0 amide bonds. The van der Waals surface area contributed by atoms with Crippen molar-refractivity contribution < 1.29 is 5.11 Å². The van der Waals surface area contributed by atoms with Crippen molar-refractivity contribution in [3.05, 3.63) is 155 Å². The quantitative estimate of drug-likeness (QED) is 0.328. The molecule has 5 aromatic carbocycles. The second-order valence-electron chi connectivity index (χ2n) is 9.01. The monoisotopic (exact) mass is 426 g/mol. The highest BCUT2D eigenvalue weighted by molar-refractivity contribution is 5.85.